The Balaban J connectivity index is 4.62. The van der Waals surface area contributed by atoms with Gasteiger partial charge in [-0.2, -0.15) is 0 Å². The average molecular weight is 230 g/mol. The van der Waals surface area contributed by atoms with Crippen molar-refractivity contribution in [2.45, 2.75) is 58.4 Å². The van der Waals surface area contributed by atoms with Crippen molar-refractivity contribution in [2.24, 2.45) is 0 Å². The molecule has 0 radical (unpaired) electrons. The van der Waals surface area contributed by atoms with Crippen LogP contribution in [0.5, 0.6) is 0 Å². The van der Waals surface area contributed by atoms with Crippen molar-refractivity contribution >= 4 is 8.32 Å². The lowest BCUT2D eigenvalue weighted by atomic mass is 10.1. The highest BCUT2D eigenvalue weighted by atomic mass is 28.4. The molecule has 3 heteroatoms. The van der Waals surface area contributed by atoms with Gasteiger partial charge in [0.1, 0.15) is 0 Å². The summed E-state index contributed by atoms with van der Waals surface area (Å²) in [5, 5.41) is 9.28. The van der Waals surface area contributed by atoms with Crippen LogP contribution >= 0.6 is 0 Å². The molecule has 0 bridgehead atoms. The number of aliphatic hydroxyl groups excluding tert-OH is 1. The second-order valence-electron chi connectivity index (χ2n) is 5.59. The van der Waals surface area contributed by atoms with E-state index < -0.39 is 8.32 Å². The van der Waals surface area contributed by atoms with Gasteiger partial charge in [-0.15, -0.1) is 0 Å². The van der Waals surface area contributed by atoms with E-state index in [-0.39, 0.29) is 17.7 Å². The largest absolute Gasteiger partial charge is 0.410 e. The number of aliphatic hydroxyl groups is 1. The minimum Gasteiger partial charge on any atom is -0.410 e. The summed E-state index contributed by atoms with van der Waals surface area (Å²) in [6.45, 7) is 17.0. The highest BCUT2D eigenvalue weighted by Crippen LogP contribution is 2.38. The molecule has 0 spiro atoms. The summed E-state index contributed by atoms with van der Waals surface area (Å²) in [6, 6.07) is 0. The summed E-state index contributed by atoms with van der Waals surface area (Å²) in [7, 11) is -1.74. The maximum absolute atomic E-state index is 9.07. The van der Waals surface area contributed by atoms with E-state index in [0.29, 0.717) is 0 Å². The zero-order valence-electron chi connectivity index (χ0n) is 11.1. The summed E-state index contributed by atoms with van der Waals surface area (Å²) in [5.74, 6) is 0. The molecule has 0 rings (SSSR count). The first-order chi connectivity index (χ1) is 6.65. The van der Waals surface area contributed by atoms with Crippen LogP contribution in [0.4, 0.5) is 0 Å². The van der Waals surface area contributed by atoms with Gasteiger partial charge in [0.2, 0.25) is 0 Å². The highest BCUT2D eigenvalue weighted by Gasteiger charge is 2.39. The number of hydrogen-bond donors (Lipinski definition) is 1. The number of rotatable bonds is 5. The van der Waals surface area contributed by atoms with Gasteiger partial charge in [0, 0.05) is 0 Å². The third-order valence-electron chi connectivity index (χ3n) is 3.27. The minimum absolute atomic E-state index is 0.0101. The minimum atomic E-state index is -1.74. The monoisotopic (exact) mass is 230 g/mol. The Bertz CT molecular complexity index is 216. The second kappa shape index (κ2) is 5.28. The van der Waals surface area contributed by atoms with Crippen molar-refractivity contribution in [1.82, 2.24) is 0 Å². The van der Waals surface area contributed by atoms with E-state index in [4.69, 9.17) is 9.53 Å². The molecule has 0 aromatic carbocycles. The average Bonchev–Trinajstić information content (AvgIpc) is 2.11. The van der Waals surface area contributed by atoms with Crippen LogP contribution in [-0.4, -0.2) is 26.1 Å². The molecule has 0 aliphatic heterocycles. The SMILES string of the molecule is C=C(CO)[C@@H](CC)O[Si](C)(C)C(C)(C)C. The first-order valence-corrected chi connectivity index (χ1v) is 8.53. The van der Waals surface area contributed by atoms with Gasteiger partial charge >= 0.3 is 0 Å². The zero-order chi connectivity index (χ0) is 12.3. The van der Waals surface area contributed by atoms with E-state index in [0.717, 1.165) is 12.0 Å². The van der Waals surface area contributed by atoms with Crippen molar-refractivity contribution in [2.75, 3.05) is 6.61 Å². The zero-order valence-corrected chi connectivity index (χ0v) is 12.1. The topological polar surface area (TPSA) is 29.5 Å². The van der Waals surface area contributed by atoms with E-state index in [1.807, 2.05) is 0 Å². The van der Waals surface area contributed by atoms with Crippen molar-refractivity contribution in [3.8, 4) is 0 Å². The Hall–Kier alpha value is -0.123. The first kappa shape index (κ1) is 14.9. The molecule has 15 heavy (non-hydrogen) atoms. The Morgan fingerprint density at radius 1 is 1.40 bits per heavy atom. The van der Waals surface area contributed by atoms with Crippen LogP contribution in [-0.2, 0) is 4.43 Å². The molecule has 0 aromatic rings. The molecule has 0 unspecified atom stereocenters. The van der Waals surface area contributed by atoms with Gasteiger partial charge in [0.15, 0.2) is 8.32 Å². The summed E-state index contributed by atoms with van der Waals surface area (Å²) in [6.07, 6.45) is 0.891. The summed E-state index contributed by atoms with van der Waals surface area (Å²) in [4.78, 5) is 0. The quantitative estimate of drug-likeness (QED) is 0.580. The van der Waals surface area contributed by atoms with Crippen LogP contribution in [0.1, 0.15) is 34.1 Å². The fourth-order valence-corrected chi connectivity index (χ4v) is 2.49. The lowest BCUT2D eigenvalue weighted by molar-refractivity contribution is 0.188. The number of hydrogen-bond acceptors (Lipinski definition) is 2. The van der Waals surface area contributed by atoms with E-state index in [1.165, 1.54) is 0 Å². The molecule has 0 fully saturated rings. The molecule has 0 aromatic heterocycles. The van der Waals surface area contributed by atoms with Crippen LogP contribution < -0.4 is 0 Å². The van der Waals surface area contributed by atoms with Gasteiger partial charge in [0.05, 0.1) is 12.7 Å². The van der Waals surface area contributed by atoms with Gasteiger partial charge in [0.25, 0.3) is 0 Å². The summed E-state index contributed by atoms with van der Waals surface area (Å²) < 4.78 is 6.18. The van der Waals surface area contributed by atoms with E-state index in [2.05, 4.69) is 47.4 Å². The Morgan fingerprint density at radius 3 is 2.13 bits per heavy atom. The van der Waals surface area contributed by atoms with E-state index in [1.54, 1.807) is 0 Å². The van der Waals surface area contributed by atoms with Crippen LogP contribution in [0.3, 0.4) is 0 Å². The molecular formula is C12H26O2Si. The standard InChI is InChI=1S/C12H26O2Si/c1-8-11(10(2)9-13)14-15(6,7)12(3,4)5/h11,13H,2,8-9H2,1,3-7H3/t11-/m1/s1. The van der Waals surface area contributed by atoms with Gasteiger partial charge in [-0.3, -0.25) is 0 Å². The third kappa shape index (κ3) is 4.09. The Morgan fingerprint density at radius 2 is 1.87 bits per heavy atom. The fourth-order valence-electron chi connectivity index (χ4n) is 1.09. The van der Waals surface area contributed by atoms with Crippen molar-refractivity contribution in [3.63, 3.8) is 0 Å². The van der Waals surface area contributed by atoms with Gasteiger partial charge < -0.3 is 9.53 Å². The van der Waals surface area contributed by atoms with Crippen molar-refractivity contribution in [1.29, 1.82) is 0 Å². The van der Waals surface area contributed by atoms with Gasteiger partial charge in [-0.05, 0) is 30.1 Å². The second-order valence-corrected chi connectivity index (χ2v) is 10.3. The van der Waals surface area contributed by atoms with E-state index >= 15 is 0 Å². The van der Waals surface area contributed by atoms with Crippen molar-refractivity contribution < 1.29 is 9.53 Å². The molecule has 1 N–H and O–H groups in total. The molecule has 0 aliphatic rings. The molecule has 2 nitrogen and oxygen atoms in total. The van der Waals surface area contributed by atoms with Crippen LogP contribution in [0, 0.1) is 0 Å². The molecule has 0 aliphatic carbocycles. The molecule has 0 heterocycles. The maximum atomic E-state index is 9.07. The predicted molar refractivity (Wildman–Crippen MR) is 68.6 cm³/mol. The summed E-state index contributed by atoms with van der Waals surface area (Å²) >= 11 is 0. The lowest BCUT2D eigenvalue weighted by Crippen LogP contribution is -2.44. The fraction of sp³-hybridized carbons (Fsp3) is 0.833. The lowest BCUT2D eigenvalue weighted by Gasteiger charge is -2.39. The van der Waals surface area contributed by atoms with Crippen LogP contribution in [0.25, 0.3) is 0 Å². The normalized spacial score (nSPS) is 15.1. The van der Waals surface area contributed by atoms with Crippen LogP contribution in [0.15, 0.2) is 12.2 Å². The van der Waals surface area contributed by atoms with Gasteiger partial charge in [-0.1, -0.05) is 34.3 Å². The molecule has 0 saturated carbocycles. The smallest absolute Gasteiger partial charge is 0.192 e. The molecule has 0 saturated heterocycles. The van der Waals surface area contributed by atoms with E-state index in [9.17, 15) is 0 Å². The predicted octanol–water partition coefficient (Wildman–Crippen LogP) is 3.34. The maximum Gasteiger partial charge on any atom is 0.192 e. The molecule has 90 valence electrons. The van der Waals surface area contributed by atoms with Crippen molar-refractivity contribution in [3.05, 3.63) is 12.2 Å². The van der Waals surface area contributed by atoms with Gasteiger partial charge in [-0.25, -0.2) is 0 Å². The molecule has 1 atom stereocenters. The first-order valence-electron chi connectivity index (χ1n) is 5.62. The molecule has 0 amide bonds. The summed E-state index contributed by atoms with van der Waals surface area (Å²) in [5.41, 5.74) is 0.794. The van der Waals surface area contributed by atoms with Crippen LogP contribution in [0.2, 0.25) is 18.1 Å². The highest BCUT2D eigenvalue weighted by molar-refractivity contribution is 6.74. The molecular weight excluding hydrogens is 204 g/mol. The Kier molecular flexibility index (Phi) is 5.24. The third-order valence-corrected chi connectivity index (χ3v) is 7.76. The Labute approximate surface area is 95.5 Å².